The van der Waals surface area contributed by atoms with Gasteiger partial charge in [0.2, 0.25) is 0 Å². The molecule has 0 aliphatic rings. The van der Waals surface area contributed by atoms with Crippen LogP contribution in [0.3, 0.4) is 0 Å². The summed E-state index contributed by atoms with van der Waals surface area (Å²) in [5.41, 5.74) is 0.889. The highest BCUT2D eigenvalue weighted by molar-refractivity contribution is 5.26. The predicted octanol–water partition coefficient (Wildman–Crippen LogP) is 1.61. The van der Waals surface area contributed by atoms with E-state index in [0.29, 0.717) is 26.4 Å². The van der Waals surface area contributed by atoms with E-state index in [4.69, 9.17) is 19.3 Å². The Hall–Kier alpha value is -1.10. The largest absolute Gasteiger partial charge is 0.494 e. The standard InChI is InChI=1S/C13H20O4/c1-15-9-10-16-7-2-8-17-13-5-3-12(11-14)4-6-13/h3-6,14H,2,7-11H2,1H3. The van der Waals surface area contributed by atoms with Crippen molar-refractivity contribution in [3.8, 4) is 5.75 Å². The van der Waals surface area contributed by atoms with Crippen molar-refractivity contribution in [3.63, 3.8) is 0 Å². The van der Waals surface area contributed by atoms with E-state index in [9.17, 15) is 0 Å². The van der Waals surface area contributed by atoms with E-state index < -0.39 is 0 Å². The molecule has 1 N–H and O–H groups in total. The minimum absolute atomic E-state index is 0.0631. The number of aliphatic hydroxyl groups is 1. The summed E-state index contributed by atoms with van der Waals surface area (Å²) < 4.78 is 15.7. The zero-order valence-corrected chi connectivity index (χ0v) is 10.2. The highest BCUT2D eigenvalue weighted by Crippen LogP contribution is 2.12. The van der Waals surface area contributed by atoms with Gasteiger partial charge >= 0.3 is 0 Å². The molecule has 0 aliphatic heterocycles. The second kappa shape index (κ2) is 8.98. The van der Waals surface area contributed by atoms with Crippen LogP contribution in [0.5, 0.6) is 5.75 Å². The smallest absolute Gasteiger partial charge is 0.119 e. The van der Waals surface area contributed by atoms with Crippen LogP contribution in [0, 0.1) is 0 Å². The molecule has 0 aliphatic carbocycles. The SMILES string of the molecule is COCCOCCCOc1ccc(CO)cc1. The third kappa shape index (κ3) is 6.26. The van der Waals surface area contributed by atoms with Crippen LogP contribution >= 0.6 is 0 Å². The van der Waals surface area contributed by atoms with Crippen LogP contribution in [-0.4, -0.2) is 38.6 Å². The average Bonchev–Trinajstić information content (AvgIpc) is 2.38. The summed E-state index contributed by atoms with van der Waals surface area (Å²) in [7, 11) is 1.66. The van der Waals surface area contributed by atoms with Gasteiger partial charge in [-0.05, 0) is 17.7 Å². The lowest BCUT2D eigenvalue weighted by Crippen LogP contribution is -2.06. The third-order valence-electron chi connectivity index (χ3n) is 2.24. The molecule has 0 saturated carbocycles. The first-order chi connectivity index (χ1) is 8.36. The van der Waals surface area contributed by atoms with Gasteiger partial charge in [-0.25, -0.2) is 0 Å². The van der Waals surface area contributed by atoms with E-state index >= 15 is 0 Å². The molecule has 1 rings (SSSR count). The molecule has 0 bridgehead atoms. The predicted molar refractivity (Wildman–Crippen MR) is 65.2 cm³/mol. The summed E-state index contributed by atoms with van der Waals surface area (Å²) in [5, 5.41) is 8.88. The lowest BCUT2D eigenvalue weighted by molar-refractivity contribution is 0.0644. The van der Waals surface area contributed by atoms with Gasteiger partial charge in [-0.15, -0.1) is 0 Å². The molecule has 1 aromatic rings. The first kappa shape index (κ1) is 14.0. The molecular weight excluding hydrogens is 220 g/mol. The fraction of sp³-hybridized carbons (Fsp3) is 0.538. The maximum atomic E-state index is 8.88. The Morgan fingerprint density at radius 1 is 1.00 bits per heavy atom. The van der Waals surface area contributed by atoms with Crippen LogP contribution in [0.15, 0.2) is 24.3 Å². The number of aliphatic hydroxyl groups excluding tert-OH is 1. The summed E-state index contributed by atoms with van der Waals surface area (Å²) >= 11 is 0. The fourth-order valence-electron chi connectivity index (χ4n) is 1.29. The van der Waals surface area contributed by atoms with Crippen LogP contribution < -0.4 is 4.74 Å². The van der Waals surface area contributed by atoms with Crippen molar-refractivity contribution < 1.29 is 19.3 Å². The van der Waals surface area contributed by atoms with Crippen LogP contribution in [-0.2, 0) is 16.1 Å². The van der Waals surface area contributed by atoms with Gasteiger partial charge in [0, 0.05) is 20.1 Å². The Labute approximate surface area is 102 Å². The maximum absolute atomic E-state index is 8.88. The Kier molecular flexibility index (Phi) is 7.38. The summed E-state index contributed by atoms with van der Waals surface area (Å²) in [6.07, 6.45) is 0.853. The minimum atomic E-state index is 0.0631. The van der Waals surface area contributed by atoms with E-state index in [1.165, 1.54) is 0 Å². The molecule has 0 fully saturated rings. The molecule has 0 atom stereocenters. The first-order valence-electron chi connectivity index (χ1n) is 5.76. The van der Waals surface area contributed by atoms with Crippen LogP contribution in [0.25, 0.3) is 0 Å². The van der Waals surface area contributed by atoms with Gasteiger partial charge in [0.25, 0.3) is 0 Å². The first-order valence-corrected chi connectivity index (χ1v) is 5.76. The lowest BCUT2D eigenvalue weighted by atomic mass is 10.2. The van der Waals surface area contributed by atoms with Crippen LogP contribution in [0.2, 0.25) is 0 Å². The van der Waals surface area contributed by atoms with Crippen molar-refractivity contribution in [1.82, 2.24) is 0 Å². The van der Waals surface area contributed by atoms with Crippen molar-refractivity contribution in [1.29, 1.82) is 0 Å². The molecule has 0 amide bonds. The summed E-state index contributed by atoms with van der Waals surface area (Å²) in [5.74, 6) is 0.819. The molecule has 4 heteroatoms. The molecule has 0 aromatic heterocycles. The van der Waals surface area contributed by atoms with Crippen molar-refractivity contribution in [2.24, 2.45) is 0 Å². The molecular formula is C13H20O4. The minimum Gasteiger partial charge on any atom is -0.494 e. The summed E-state index contributed by atoms with van der Waals surface area (Å²) in [6.45, 7) is 2.63. The summed E-state index contributed by atoms with van der Waals surface area (Å²) in [4.78, 5) is 0. The highest BCUT2D eigenvalue weighted by atomic mass is 16.5. The molecule has 1 aromatic carbocycles. The third-order valence-corrected chi connectivity index (χ3v) is 2.24. The Balaban J connectivity index is 2.05. The molecule has 0 radical (unpaired) electrons. The van der Waals surface area contributed by atoms with Gasteiger partial charge in [-0.1, -0.05) is 12.1 Å². The number of methoxy groups -OCH3 is 1. The zero-order valence-electron chi connectivity index (χ0n) is 10.2. The Morgan fingerprint density at radius 3 is 2.41 bits per heavy atom. The van der Waals surface area contributed by atoms with Gasteiger partial charge in [0.05, 0.1) is 26.4 Å². The van der Waals surface area contributed by atoms with Gasteiger partial charge < -0.3 is 19.3 Å². The highest BCUT2D eigenvalue weighted by Gasteiger charge is 1.95. The number of benzene rings is 1. The van der Waals surface area contributed by atoms with Gasteiger partial charge in [0.15, 0.2) is 0 Å². The second-order valence-corrected chi connectivity index (χ2v) is 3.61. The van der Waals surface area contributed by atoms with Crippen molar-refractivity contribution in [2.75, 3.05) is 33.5 Å². The normalized spacial score (nSPS) is 10.5. The number of hydrogen-bond donors (Lipinski definition) is 1. The van der Waals surface area contributed by atoms with Crippen molar-refractivity contribution in [3.05, 3.63) is 29.8 Å². The number of rotatable bonds is 9. The second-order valence-electron chi connectivity index (χ2n) is 3.61. The lowest BCUT2D eigenvalue weighted by Gasteiger charge is -2.07. The van der Waals surface area contributed by atoms with Crippen LogP contribution in [0.4, 0.5) is 0 Å². The van der Waals surface area contributed by atoms with E-state index in [-0.39, 0.29) is 6.61 Å². The van der Waals surface area contributed by atoms with Crippen molar-refractivity contribution in [2.45, 2.75) is 13.0 Å². The van der Waals surface area contributed by atoms with Crippen molar-refractivity contribution >= 4 is 0 Å². The fourth-order valence-corrected chi connectivity index (χ4v) is 1.29. The Morgan fingerprint density at radius 2 is 1.76 bits per heavy atom. The molecule has 0 spiro atoms. The zero-order chi connectivity index (χ0) is 12.3. The van der Waals surface area contributed by atoms with E-state index in [0.717, 1.165) is 17.7 Å². The average molecular weight is 240 g/mol. The Bertz CT molecular complexity index is 284. The summed E-state index contributed by atoms with van der Waals surface area (Å²) in [6, 6.07) is 7.42. The topological polar surface area (TPSA) is 47.9 Å². The van der Waals surface area contributed by atoms with Gasteiger partial charge in [-0.3, -0.25) is 0 Å². The molecule has 17 heavy (non-hydrogen) atoms. The van der Waals surface area contributed by atoms with Gasteiger partial charge in [0.1, 0.15) is 5.75 Å². The van der Waals surface area contributed by atoms with Crippen LogP contribution in [0.1, 0.15) is 12.0 Å². The maximum Gasteiger partial charge on any atom is 0.119 e. The molecule has 0 unspecified atom stereocenters. The number of hydrogen-bond acceptors (Lipinski definition) is 4. The quantitative estimate of drug-likeness (QED) is 0.666. The molecule has 0 heterocycles. The molecule has 4 nitrogen and oxygen atoms in total. The van der Waals surface area contributed by atoms with E-state index in [1.807, 2.05) is 24.3 Å². The van der Waals surface area contributed by atoms with E-state index in [2.05, 4.69) is 0 Å². The van der Waals surface area contributed by atoms with Gasteiger partial charge in [-0.2, -0.15) is 0 Å². The monoisotopic (exact) mass is 240 g/mol. The van der Waals surface area contributed by atoms with E-state index in [1.54, 1.807) is 7.11 Å². The molecule has 96 valence electrons. The number of ether oxygens (including phenoxy) is 3. The molecule has 0 saturated heterocycles.